The van der Waals surface area contributed by atoms with Crippen LogP contribution in [0.15, 0.2) is 65.7 Å². The lowest BCUT2D eigenvalue weighted by Crippen LogP contribution is -2.07. The molecule has 0 saturated carbocycles. The standard InChI is InChI=1S/C19H20N2O4.C6H8Cl2/c1-3-21-16-8-6-5-7-15(16)20-18(21)12-25-13-9-10-14(19(22)23)17(11-13)24-4-2;1-2-3-6(8)4-5-7/h5-11H,3-4,12H2,1-2H3,(H,22,23);2-4H,5H2,1H3/b;3-2-,6-4+. The number of imidazole rings is 1. The Bertz CT molecular complexity index is 1120. The molecule has 3 aromatic rings. The average Bonchev–Trinajstić information content (AvgIpc) is 3.16. The number of hydrogen-bond donors (Lipinski definition) is 1. The smallest absolute Gasteiger partial charge is 0.339 e. The third kappa shape index (κ3) is 7.55. The van der Waals surface area contributed by atoms with Crippen LogP contribution < -0.4 is 9.47 Å². The highest BCUT2D eigenvalue weighted by molar-refractivity contribution is 6.31. The first-order chi connectivity index (χ1) is 15.9. The van der Waals surface area contributed by atoms with Crippen molar-refractivity contribution < 1.29 is 19.4 Å². The summed E-state index contributed by atoms with van der Waals surface area (Å²) in [7, 11) is 0. The van der Waals surface area contributed by atoms with E-state index in [1.807, 2.05) is 44.2 Å². The number of fused-ring (bicyclic) bond motifs is 1. The summed E-state index contributed by atoms with van der Waals surface area (Å²) in [6.07, 6.45) is 5.40. The van der Waals surface area contributed by atoms with Crippen molar-refractivity contribution in [3.8, 4) is 11.5 Å². The number of aromatic carboxylic acids is 1. The van der Waals surface area contributed by atoms with E-state index in [1.165, 1.54) is 6.07 Å². The highest BCUT2D eigenvalue weighted by Crippen LogP contribution is 2.26. The second-order valence-corrected chi connectivity index (χ2v) is 7.43. The summed E-state index contributed by atoms with van der Waals surface area (Å²) in [4.78, 5) is 15.9. The van der Waals surface area contributed by atoms with E-state index >= 15 is 0 Å². The maximum Gasteiger partial charge on any atom is 0.339 e. The van der Waals surface area contributed by atoms with E-state index in [9.17, 15) is 9.90 Å². The quantitative estimate of drug-likeness (QED) is 0.268. The van der Waals surface area contributed by atoms with Gasteiger partial charge in [0.25, 0.3) is 0 Å². The molecule has 0 fully saturated rings. The summed E-state index contributed by atoms with van der Waals surface area (Å²) < 4.78 is 13.3. The molecule has 176 valence electrons. The van der Waals surface area contributed by atoms with E-state index in [1.54, 1.807) is 24.3 Å². The molecule has 3 rings (SSSR count). The topological polar surface area (TPSA) is 73.6 Å². The van der Waals surface area contributed by atoms with Crippen molar-refractivity contribution in [2.75, 3.05) is 12.5 Å². The number of aryl methyl sites for hydroxylation is 1. The molecule has 0 aliphatic heterocycles. The maximum absolute atomic E-state index is 11.2. The van der Waals surface area contributed by atoms with E-state index in [2.05, 4.69) is 16.5 Å². The zero-order chi connectivity index (χ0) is 24.2. The number of ether oxygens (including phenoxy) is 2. The Morgan fingerprint density at radius 1 is 1.18 bits per heavy atom. The number of nitrogens with zero attached hydrogens (tertiary/aromatic N) is 2. The summed E-state index contributed by atoms with van der Waals surface area (Å²) in [6, 6.07) is 12.7. The van der Waals surface area contributed by atoms with Gasteiger partial charge < -0.3 is 19.1 Å². The van der Waals surface area contributed by atoms with Crippen LogP contribution in [0.2, 0.25) is 0 Å². The van der Waals surface area contributed by atoms with Gasteiger partial charge in [-0.2, -0.15) is 0 Å². The van der Waals surface area contributed by atoms with E-state index in [0.29, 0.717) is 35.6 Å². The van der Waals surface area contributed by atoms with Crippen molar-refractivity contribution in [2.45, 2.75) is 33.9 Å². The van der Waals surface area contributed by atoms with Gasteiger partial charge in [-0.1, -0.05) is 35.9 Å². The molecule has 0 amide bonds. The van der Waals surface area contributed by atoms with Crippen LogP contribution in [0.5, 0.6) is 11.5 Å². The van der Waals surface area contributed by atoms with Crippen LogP contribution in [0.25, 0.3) is 11.0 Å². The highest BCUT2D eigenvalue weighted by atomic mass is 35.5. The second-order valence-electron chi connectivity index (χ2n) is 6.69. The molecule has 1 aromatic heterocycles. The molecule has 1 heterocycles. The van der Waals surface area contributed by atoms with Gasteiger partial charge in [-0.3, -0.25) is 0 Å². The Morgan fingerprint density at radius 3 is 2.58 bits per heavy atom. The largest absolute Gasteiger partial charge is 0.493 e. The molecule has 1 N–H and O–H groups in total. The lowest BCUT2D eigenvalue weighted by atomic mass is 10.2. The lowest BCUT2D eigenvalue weighted by Gasteiger charge is -2.11. The van der Waals surface area contributed by atoms with Gasteiger partial charge in [-0.15, -0.1) is 11.6 Å². The van der Waals surface area contributed by atoms with Gasteiger partial charge in [0.05, 0.1) is 17.6 Å². The number of allylic oxidation sites excluding steroid dienone is 4. The lowest BCUT2D eigenvalue weighted by molar-refractivity contribution is 0.0692. The van der Waals surface area contributed by atoms with Crippen molar-refractivity contribution >= 4 is 40.2 Å². The van der Waals surface area contributed by atoms with Crippen LogP contribution in [-0.2, 0) is 13.2 Å². The molecule has 0 saturated heterocycles. The van der Waals surface area contributed by atoms with Gasteiger partial charge in [0.2, 0.25) is 0 Å². The molecular weight excluding hydrogens is 463 g/mol. The van der Waals surface area contributed by atoms with Crippen molar-refractivity contribution in [3.63, 3.8) is 0 Å². The van der Waals surface area contributed by atoms with Crippen molar-refractivity contribution in [2.24, 2.45) is 0 Å². The number of carbonyl (C=O) groups is 1. The van der Waals surface area contributed by atoms with Crippen LogP contribution >= 0.6 is 23.2 Å². The number of carboxylic acid groups (broad SMARTS) is 1. The van der Waals surface area contributed by atoms with Crippen molar-refractivity contribution in [1.29, 1.82) is 0 Å². The van der Waals surface area contributed by atoms with E-state index in [0.717, 1.165) is 23.4 Å². The third-order valence-electron chi connectivity index (χ3n) is 4.50. The summed E-state index contributed by atoms with van der Waals surface area (Å²) in [5.41, 5.74) is 2.12. The zero-order valence-electron chi connectivity index (χ0n) is 18.9. The number of benzene rings is 2. The first kappa shape index (κ1) is 26.3. The Labute approximate surface area is 204 Å². The molecule has 0 radical (unpaired) electrons. The third-order valence-corrected chi connectivity index (χ3v) is 4.93. The van der Waals surface area contributed by atoms with Crippen LogP contribution in [0.4, 0.5) is 0 Å². The molecular formula is C25H28Cl2N2O4. The van der Waals surface area contributed by atoms with Gasteiger partial charge in [0.15, 0.2) is 0 Å². The summed E-state index contributed by atoms with van der Waals surface area (Å²) in [5, 5.41) is 9.90. The van der Waals surface area contributed by atoms with Crippen LogP contribution in [-0.4, -0.2) is 33.1 Å². The molecule has 0 unspecified atom stereocenters. The Balaban J connectivity index is 0.000000414. The van der Waals surface area contributed by atoms with Gasteiger partial charge in [-0.25, -0.2) is 9.78 Å². The van der Waals surface area contributed by atoms with E-state index in [4.69, 9.17) is 32.7 Å². The predicted molar refractivity (Wildman–Crippen MR) is 134 cm³/mol. The normalized spacial score (nSPS) is 11.4. The molecule has 0 bridgehead atoms. The second kappa shape index (κ2) is 13.6. The van der Waals surface area contributed by atoms with Gasteiger partial charge >= 0.3 is 5.97 Å². The number of halogens is 2. The highest BCUT2D eigenvalue weighted by Gasteiger charge is 2.14. The summed E-state index contributed by atoms with van der Waals surface area (Å²) in [6.45, 7) is 7.25. The number of aromatic nitrogens is 2. The average molecular weight is 491 g/mol. The first-order valence-corrected chi connectivity index (χ1v) is 11.5. The minimum atomic E-state index is -1.03. The number of rotatable bonds is 9. The Hall–Kier alpha value is -2.96. The van der Waals surface area contributed by atoms with Crippen molar-refractivity contribution in [3.05, 3.63) is 77.1 Å². The number of carboxylic acids is 1. The minimum absolute atomic E-state index is 0.120. The molecule has 0 atom stereocenters. The minimum Gasteiger partial charge on any atom is -0.493 e. The molecule has 8 heteroatoms. The van der Waals surface area contributed by atoms with E-state index < -0.39 is 5.97 Å². The number of alkyl halides is 1. The predicted octanol–water partition coefficient (Wildman–Crippen LogP) is 6.66. The Kier molecular flexibility index (Phi) is 10.8. The molecule has 2 aromatic carbocycles. The zero-order valence-corrected chi connectivity index (χ0v) is 20.4. The molecule has 0 spiro atoms. The maximum atomic E-state index is 11.2. The van der Waals surface area contributed by atoms with Crippen molar-refractivity contribution in [1.82, 2.24) is 9.55 Å². The van der Waals surface area contributed by atoms with E-state index in [-0.39, 0.29) is 5.56 Å². The first-order valence-electron chi connectivity index (χ1n) is 10.6. The van der Waals surface area contributed by atoms with Gasteiger partial charge in [0.1, 0.15) is 29.5 Å². The SMILES string of the molecule is C/C=C\C(Cl)=C/CCl.CCOc1cc(OCc2nc3ccccc3n2CC)ccc1C(=O)O. The van der Waals surface area contributed by atoms with Gasteiger partial charge in [0, 0.05) is 23.5 Å². The van der Waals surface area contributed by atoms with Crippen LogP contribution in [0.1, 0.15) is 37.0 Å². The fourth-order valence-corrected chi connectivity index (χ4v) is 3.53. The fourth-order valence-electron chi connectivity index (χ4n) is 3.08. The summed E-state index contributed by atoms with van der Waals surface area (Å²) >= 11 is 10.9. The summed E-state index contributed by atoms with van der Waals surface area (Å²) in [5.74, 6) is 1.12. The molecule has 0 aliphatic rings. The number of para-hydroxylation sites is 2. The number of hydrogen-bond acceptors (Lipinski definition) is 4. The van der Waals surface area contributed by atoms with Crippen LogP contribution in [0.3, 0.4) is 0 Å². The fraction of sp³-hybridized carbons (Fsp3) is 0.280. The molecule has 0 aliphatic carbocycles. The monoisotopic (exact) mass is 490 g/mol. The van der Waals surface area contributed by atoms with Crippen LogP contribution in [0, 0.1) is 0 Å². The molecule has 6 nitrogen and oxygen atoms in total. The molecule has 33 heavy (non-hydrogen) atoms. The Morgan fingerprint density at radius 2 is 1.94 bits per heavy atom. The van der Waals surface area contributed by atoms with Gasteiger partial charge in [-0.05, 0) is 51.1 Å².